The van der Waals surface area contributed by atoms with Crippen molar-refractivity contribution in [2.75, 3.05) is 19.8 Å². The second-order valence-corrected chi connectivity index (χ2v) is 25.4. The first-order valence-corrected chi connectivity index (χ1v) is 26.5. The summed E-state index contributed by atoms with van der Waals surface area (Å²) in [5, 5.41) is 119. The largest absolute Gasteiger partial charge is 0.481 e. The Morgan fingerprint density at radius 1 is 0.639 bits per heavy atom. The molecule has 412 valence electrons. The smallest absolute Gasteiger partial charge is 0.310 e. The van der Waals surface area contributed by atoms with E-state index in [1.165, 1.54) is 12.5 Å². The predicted octanol–water partition coefficient (Wildman–Crippen LogP) is 0.836. The van der Waals surface area contributed by atoms with Crippen LogP contribution in [0.1, 0.15) is 120 Å². The van der Waals surface area contributed by atoms with Gasteiger partial charge in [0.25, 0.3) is 0 Å². The molecule has 4 saturated carbocycles. The molecule has 0 aromatic carbocycles. The third-order valence-corrected chi connectivity index (χ3v) is 20.7. The highest BCUT2D eigenvalue weighted by molar-refractivity contribution is 5.76. The summed E-state index contributed by atoms with van der Waals surface area (Å²) in [6, 6.07) is 0. The Balaban J connectivity index is 0.843. The molecule has 11 N–H and O–H groups in total. The van der Waals surface area contributed by atoms with Crippen LogP contribution in [-0.2, 0) is 42.7 Å². The van der Waals surface area contributed by atoms with Crippen molar-refractivity contribution in [3.8, 4) is 0 Å². The molecular weight excluding hydrogens is 945 g/mol. The second-order valence-electron chi connectivity index (χ2n) is 25.4. The second kappa shape index (κ2) is 19.7. The molecule has 4 aliphatic heterocycles. The first kappa shape index (κ1) is 55.3. The topological polar surface area (TPSA) is 313 Å². The van der Waals surface area contributed by atoms with Gasteiger partial charge in [-0.2, -0.15) is 0 Å². The molecule has 0 aromatic heterocycles. The number of ether oxygens (including phenoxy) is 8. The Morgan fingerprint density at radius 3 is 1.96 bits per heavy atom. The fraction of sp³-hybridized carbons (Fsp3) is 0.942. The van der Waals surface area contributed by atoms with Crippen LogP contribution in [0.3, 0.4) is 0 Å². The molecule has 5 aliphatic carbocycles. The maximum atomic E-state index is 13.1. The number of carboxylic acid groups (broad SMARTS) is 1. The number of rotatable bonds is 10. The monoisotopic (exact) mass is 1030 g/mol. The van der Waals surface area contributed by atoms with Crippen molar-refractivity contribution >= 4 is 5.97 Å². The summed E-state index contributed by atoms with van der Waals surface area (Å²) in [7, 11) is 0. The van der Waals surface area contributed by atoms with Crippen LogP contribution in [-0.4, -0.2) is 199 Å². The number of hydrogen-bond acceptors (Lipinski definition) is 19. The van der Waals surface area contributed by atoms with Crippen molar-refractivity contribution < 1.29 is 98.9 Å². The van der Waals surface area contributed by atoms with Gasteiger partial charge in [-0.25, -0.2) is 0 Å². The fourth-order valence-electron chi connectivity index (χ4n) is 16.0. The molecule has 4 heterocycles. The van der Waals surface area contributed by atoms with E-state index in [2.05, 4.69) is 54.5 Å². The molecule has 20 nitrogen and oxygen atoms in total. The number of aliphatic hydroxyl groups is 10. The lowest BCUT2D eigenvalue weighted by Gasteiger charge is -2.71. The third kappa shape index (κ3) is 8.87. The molecule has 9 rings (SSSR count). The number of fused-ring (bicyclic) bond motifs is 7. The van der Waals surface area contributed by atoms with Crippen LogP contribution < -0.4 is 0 Å². The molecule has 0 unspecified atom stereocenters. The van der Waals surface area contributed by atoms with E-state index in [4.69, 9.17) is 37.9 Å². The average molecular weight is 1030 g/mol. The SMILES string of the molecule is C[C@@H]1O[C@@H](O[C@H]2[C@H](O)[C@@H](O)[C@H](O[C@H]3CC[C@]4(C)[C@H]5CC=C6[C@@H]7CC(C)(C)CC[C@]7(C(=O)O)CC[C@@]6(C)[C@]5(C)CC[C@H]4C3(C)C)O[C@@H]2CO)[C@H](O)[C@H](O[C@@H]2OC[C@@H](O[C@@H]3OC[C@@H](O)[C@H](O)[C@H]3O)[C@H](O)[C@H]2O)[C@H]1O. The van der Waals surface area contributed by atoms with Gasteiger partial charge in [0.15, 0.2) is 25.2 Å². The van der Waals surface area contributed by atoms with Gasteiger partial charge < -0.3 is 94.1 Å². The van der Waals surface area contributed by atoms with Crippen molar-refractivity contribution in [2.45, 2.75) is 236 Å². The molecule has 20 heteroatoms. The Kier molecular flexibility index (Phi) is 15.2. The van der Waals surface area contributed by atoms with Crippen molar-refractivity contribution in [3.05, 3.63) is 11.6 Å². The zero-order chi connectivity index (χ0) is 52.4. The van der Waals surface area contributed by atoms with Crippen molar-refractivity contribution in [3.63, 3.8) is 0 Å². The Hall–Kier alpha value is -1.51. The van der Waals surface area contributed by atoms with Gasteiger partial charge in [0, 0.05) is 0 Å². The number of allylic oxidation sites excluding steroid dienone is 2. The number of hydrogen-bond donors (Lipinski definition) is 11. The summed E-state index contributed by atoms with van der Waals surface area (Å²) in [4.78, 5) is 13.1. The van der Waals surface area contributed by atoms with Crippen molar-refractivity contribution in [2.24, 2.45) is 50.2 Å². The molecule has 4 saturated heterocycles. The van der Waals surface area contributed by atoms with Crippen LogP contribution in [0.5, 0.6) is 0 Å². The molecule has 72 heavy (non-hydrogen) atoms. The zero-order valence-electron chi connectivity index (χ0n) is 43.1. The van der Waals surface area contributed by atoms with Gasteiger partial charge in [-0.15, -0.1) is 0 Å². The lowest BCUT2D eigenvalue weighted by atomic mass is 9.33. The van der Waals surface area contributed by atoms with E-state index >= 15 is 0 Å². The molecule has 9 aliphatic rings. The molecule has 26 atom stereocenters. The van der Waals surface area contributed by atoms with Crippen LogP contribution in [0.25, 0.3) is 0 Å². The first-order chi connectivity index (χ1) is 33.7. The van der Waals surface area contributed by atoms with Gasteiger partial charge in [-0.1, -0.05) is 60.1 Å². The highest BCUT2D eigenvalue weighted by atomic mass is 16.8. The average Bonchev–Trinajstić information content (AvgIpc) is 3.32. The Morgan fingerprint density at radius 2 is 1.26 bits per heavy atom. The molecule has 0 amide bonds. The predicted molar refractivity (Wildman–Crippen MR) is 250 cm³/mol. The number of carboxylic acids is 1. The molecule has 0 aromatic rings. The van der Waals surface area contributed by atoms with Gasteiger partial charge in [-0.05, 0) is 116 Å². The van der Waals surface area contributed by atoms with E-state index in [1.807, 2.05) is 0 Å². The van der Waals surface area contributed by atoms with E-state index in [1.54, 1.807) is 0 Å². The number of aliphatic hydroxyl groups excluding tert-OH is 10. The first-order valence-electron chi connectivity index (χ1n) is 26.5. The maximum Gasteiger partial charge on any atom is 0.310 e. The molecule has 8 fully saturated rings. The summed E-state index contributed by atoms with van der Waals surface area (Å²) in [6.07, 6.45) is -17.3. The maximum absolute atomic E-state index is 13.1. The number of aliphatic carboxylic acids is 1. The van der Waals surface area contributed by atoms with Gasteiger partial charge in [0.1, 0.15) is 79.4 Å². The van der Waals surface area contributed by atoms with E-state index in [-0.39, 0.29) is 40.1 Å². The fourth-order valence-corrected chi connectivity index (χ4v) is 16.0. The van der Waals surface area contributed by atoms with Crippen LogP contribution in [0.15, 0.2) is 11.6 Å². The van der Waals surface area contributed by atoms with Gasteiger partial charge in [0.05, 0.1) is 37.4 Å². The summed E-state index contributed by atoms with van der Waals surface area (Å²) in [6.45, 7) is 16.3. The highest BCUT2D eigenvalue weighted by Gasteiger charge is 2.70. The number of carbonyl (C=O) groups is 1. The van der Waals surface area contributed by atoms with Crippen LogP contribution in [0, 0.1) is 50.2 Å². The van der Waals surface area contributed by atoms with E-state index < -0.39 is 147 Å². The van der Waals surface area contributed by atoms with Gasteiger partial charge >= 0.3 is 5.97 Å². The molecule has 0 spiro atoms. The quantitative estimate of drug-likeness (QED) is 0.107. The van der Waals surface area contributed by atoms with E-state index in [0.717, 1.165) is 44.9 Å². The molecular formula is C52H84O20. The lowest BCUT2D eigenvalue weighted by Crippen LogP contribution is -2.67. The zero-order valence-corrected chi connectivity index (χ0v) is 43.1. The molecule has 0 bridgehead atoms. The summed E-state index contributed by atoms with van der Waals surface area (Å²) < 4.78 is 47.1. The van der Waals surface area contributed by atoms with Crippen molar-refractivity contribution in [1.29, 1.82) is 0 Å². The minimum absolute atomic E-state index is 0.0227. The Bertz CT molecular complexity index is 1990. The van der Waals surface area contributed by atoms with Crippen molar-refractivity contribution in [1.82, 2.24) is 0 Å². The summed E-state index contributed by atoms with van der Waals surface area (Å²) in [5.74, 6) is -0.0558. The lowest BCUT2D eigenvalue weighted by molar-refractivity contribution is -0.381. The summed E-state index contributed by atoms with van der Waals surface area (Å²) >= 11 is 0. The summed E-state index contributed by atoms with van der Waals surface area (Å²) in [5.41, 5.74) is 0.0667. The molecule has 0 radical (unpaired) electrons. The standard InChI is InChI=1S/C52H84O20/c1-23-32(55)41(72-43-37(60)34(57)28(22-66-43)69-42-36(59)33(56)26(54)21-65-42)39(62)45(67-23)71-40-27(20-53)68-44(38(61)35(40)58)70-31-12-13-49(6)29(48(31,4)5)11-14-51(8)30(49)10-9-24-25-19-47(2,3)15-17-52(25,46(63)64)18-16-50(24,51)7/h9,23,25-45,53-62H,10-22H2,1-8H3,(H,63,64)/t23-,25-,26+,27+,28+,29-,30+,31-,32-,33-,34-,35+,36+,37+,38+,39+,40+,41+,42-,43-,44-,45-,49-,50+,51+,52-/m0/s1. The van der Waals surface area contributed by atoms with Crippen LogP contribution >= 0.6 is 0 Å². The van der Waals surface area contributed by atoms with E-state index in [0.29, 0.717) is 25.2 Å². The van der Waals surface area contributed by atoms with Crippen LogP contribution in [0.4, 0.5) is 0 Å². The van der Waals surface area contributed by atoms with Gasteiger partial charge in [0.2, 0.25) is 0 Å². The van der Waals surface area contributed by atoms with Crippen LogP contribution in [0.2, 0.25) is 0 Å². The normalized spacial score (nSPS) is 54.3. The minimum atomic E-state index is -1.83. The Labute approximate surface area is 421 Å². The highest BCUT2D eigenvalue weighted by Crippen LogP contribution is 2.76. The van der Waals surface area contributed by atoms with Gasteiger partial charge in [-0.3, -0.25) is 4.79 Å². The van der Waals surface area contributed by atoms with E-state index in [9.17, 15) is 61.0 Å². The minimum Gasteiger partial charge on any atom is -0.481 e. The third-order valence-electron chi connectivity index (χ3n) is 20.7.